The molecule has 0 radical (unpaired) electrons. The van der Waals surface area contributed by atoms with E-state index >= 15 is 0 Å². The third-order valence-electron chi connectivity index (χ3n) is 1.68. The quantitative estimate of drug-likeness (QED) is 0.705. The van der Waals surface area contributed by atoms with Gasteiger partial charge in [-0.25, -0.2) is 0 Å². The topological polar surface area (TPSA) is 23.1 Å². The standard InChI is InChI=1S/C9H9F3OS/c1-7-2-4-8(5-3-7)6-14(13)9(10,11)12/h2-5H,6H2,1H3. The molecule has 0 heterocycles. The molecule has 0 amide bonds. The van der Waals surface area contributed by atoms with Crippen molar-refractivity contribution in [2.45, 2.75) is 18.2 Å². The van der Waals surface area contributed by atoms with E-state index in [1.807, 2.05) is 6.92 Å². The minimum Gasteiger partial charge on any atom is -0.609 e. The van der Waals surface area contributed by atoms with Crippen molar-refractivity contribution in [3.63, 3.8) is 0 Å². The summed E-state index contributed by atoms with van der Waals surface area (Å²) >= 11 is -2.79. The van der Waals surface area contributed by atoms with Crippen molar-refractivity contribution < 1.29 is 17.7 Å². The highest BCUT2D eigenvalue weighted by Gasteiger charge is 2.44. The Bertz CT molecular complexity index is 294. The van der Waals surface area contributed by atoms with Crippen LogP contribution in [0.3, 0.4) is 0 Å². The van der Waals surface area contributed by atoms with Gasteiger partial charge in [0.25, 0.3) is 0 Å². The molecule has 0 N–H and O–H groups in total. The Labute approximate surface area is 83.1 Å². The number of aryl methyl sites for hydroxylation is 1. The molecule has 1 unspecified atom stereocenters. The van der Waals surface area contributed by atoms with Gasteiger partial charge in [-0.1, -0.05) is 29.8 Å². The van der Waals surface area contributed by atoms with E-state index in [0.717, 1.165) is 5.56 Å². The first-order chi connectivity index (χ1) is 6.39. The first-order valence-electron chi connectivity index (χ1n) is 3.90. The van der Waals surface area contributed by atoms with Gasteiger partial charge in [-0.15, -0.1) is 13.2 Å². The molecule has 78 valence electrons. The highest BCUT2D eigenvalue weighted by molar-refractivity contribution is 7.91. The average Bonchev–Trinajstić information content (AvgIpc) is 2.07. The summed E-state index contributed by atoms with van der Waals surface area (Å²) in [6.07, 6.45) is 0. The van der Waals surface area contributed by atoms with Gasteiger partial charge in [0.1, 0.15) is 5.75 Å². The second-order valence-corrected chi connectivity index (χ2v) is 4.36. The molecule has 0 fully saturated rings. The van der Waals surface area contributed by atoms with Crippen LogP contribution in [0.15, 0.2) is 24.3 Å². The zero-order valence-electron chi connectivity index (χ0n) is 7.47. The van der Waals surface area contributed by atoms with Gasteiger partial charge in [-0.3, -0.25) is 0 Å². The molecule has 0 aromatic heterocycles. The van der Waals surface area contributed by atoms with Gasteiger partial charge in [-0.2, -0.15) is 0 Å². The maximum Gasteiger partial charge on any atom is 0.572 e. The van der Waals surface area contributed by atoms with Crippen LogP contribution in [-0.2, 0) is 16.9 Å². The Morgan fingerprint density at radius 3 is 2.14 bits per heavy atom. The van der Waals surface area contributed by atoms with Gasteiger partial charge in [0, 0.05) is 5.56 Å². The van der Waals surface area contributed by atoms with Crippen molar-refractivity contribution in [1.29, 1.82) is 0 Å². The van der Waals surface area contributed by atoms with Crippen molar-refractivity contribution >= 4 is 11.2 Å². The first-order valence-corrected chi connectivity index (χ1v) is 5.22. The average molecular weight is 222 g/mol. The fraction of sp³-hybridized carbons (Fsp3) is 0.333. The highest BCUT2D eigenvalue weighted by atomic mass is 32.2. The normalized spacial score (nSPS) is 14.1. The van der Waals surface area contributed by atoms with Gasteiger partial charge in [-0.05, 0) is 6.92 Å². The van der Waals surface area contributed by atoms with Gasteiger partial charge in [0.15, 0.2) is 0 Å². The van der Waals surface area contributed by atoms with Gasteiger partial charge in [0.2, 0.25) is 0 Å². The van der Waals surface area contributed by atoms with Crippen molar-refractivity contribution in [2.75, 3.05) is 0 Å². The molecule has 1 atom stereocenters. The smallest absolute Gasteiger partial charge is 0.572 e. The van der Waals surface area contributed by atoms with Gasteiger partial charge >= 0.3 is 5.51 Å². The largest absolute Gasteiger partial charge is 0.609 e. The first kappa shape index (κ1) is 11.4. The Hall–Kier alpha value is -0.680. The SMILES string of the molecule is Cc1ccc(C[S+]([O-])C(F)(F)F)cc1. The summed E-state index contributed by atoms with van der Waals surface area (Å²) in [5.41, 5.74) is -3.22. The van der Waals surface area contributed by atoms with E-state index in [0.29, 0.717) is 5.56 Å². The summed E-state index contributed by atoms with van der Waals surface area (Å²) in [6.45, 7) is 1.84. The summed E-state index contributed by atoms with van der Waals surface area (Å²) in [7, 11) is 0. The van der Waals surface area contributed by atoms with Crippen LogP contribution in [0.4, 0.5) is 13.2 Å². The van der Waals surface area contributed by atoms with E-state index in [-0.39, 0.29) is 0 Å². The lowest BCUT2D eigenvalue weighted by molar-refractivity contribution is -0.0436. The summed E-state index contributed by atoms with van der Waals surface area (Å²) < 4.78 is 46.4. The Morgan fingerprint density at radius 1 is 1.21 bits per heavy atom. The predicted octanol–water partition coefficient (Wildman–Crippen LogP) is 2.76. The van der Waals surface area contributed by atoms with Crippen molar-refractivity contribution in [1.82, 2.24) is 0 Å². The number of halogens is 3. The molecule has 0 saturated carbocycles. The summed E-state index contributed by atoms with van der Waals surface area (Å²) in [5.74, 6) is -0.468. The zero-order valence-corrected chi connectivity index (χ0v) is 8.28. The van der Waals surface area contributed by atoms with E-state index < -0.39 is 22.4 Å². The fourth-order valence-corrected chi connectivity index (χ4v) is 1.58. The summed E-state index contributed by atoms with van der Waals surface area (Å²) in [5, 5.41) is 0. The third-order valence-corrected chi connectivity index (χ3v) is 2.79. The number of alkyl halides is 3. The third kappa shape index (κ3) is 3.23. The predicted molar refractivity (Wildman–Crippen MR) is 49.1 cm³/mol. The van der Waals surface area contributed by atoms with Crippen LogP contribution in [0, 0.1) is 6.92 Å². The molecule has 1 rings (SSSR count). The molecule has 0 saturated heterocycles. The zero-order chi connectivity index (χ0) is 10.8. The molecular formula is C9H9F3OS. The Morgan fingerprint density at radius 2 is 1.71 bits per heavy atom. The number of hydrogen-bond donors (Lipinski definition) is 0. The van der Waals surface area contributed by atoms with E-state index in [1.54, 1.807) is 24.3 Å². The van der Waals surface area contributed by atoms with E-state index in [2.05, 4.69) is 0 Å². The molecule has 1 aromatic rings. The number of rotatable bonds is 2. The number of benzene rings is 1. The molecule has 0 bridgehead atoms. The monoisotopic (exact) mass is 222 g/mol. The van der Waals surface area contributed by atoms with Crippen LogP contribution in [0.2, 0.25) is 0 Å². The molecular weight excluding hydrogens is 213 g/mol. The second kappa shape index (κ2) is 4.23. The van der Waals surface area contributed by atoms with Crippen LogP contribution in [0.5, 0.6) is 0 Å². The fourth-order valence-electron chi connectivity index (χ4n) is 0.918. The van der Waals surface area contributed by atoms with Crippen molar-refractivity contribution in [2.24, 2.45) is 0 Å². The van der Waals surface area contributed by atoms with Crippen LogP contribution >= 0.6 is 0 Å². The van der Waals surface area contributed by atoms with Crippen LogP contribution in [0.1, 0.15) is 11.1 Å². The maximum absolute atomic E-state index is 11.9. The van der Waals surface area contributed by atoms with E-state index in [1.165, 1.54) is 0 Å². The second-order valence-electron chi connectivity index (χ2n) is 2.92. The lowest BCUT2D eigenvalue weighted by Gasteiger charge is -2.12. The van der Waals surface area contributed by atoms with Crippen molar-refractivity contribution in [3.8, 4) is 0 Å². The van der Waals surface area contributed by atoms with Gasteiger partial charge in [0.05, 0.1) is 11.2 Å². The molecule has 0 aliphatic carbocycles. The van der Waals surface area contributed by atoms with Crippen LogP contribution < -0.4 is 0 Å². The molecule has 0 spiro atoms. The van der Waals surface area contributed by atoms with Crippen molar-refractivity contribution in [3.05, 3.63) is 35.4 Å². The Kier molecular flexibility index (Phi) is 3.44. The molecule has 1 nitrogen and oxygen atoms in total. The minimum absolute atomic E-state index is 0.436. The maximum atomic E-state index is 11.9. The van der Waals surface area contributed by atoms with Gasteiger partial charge < -0.3 is 4.55 Å². The van der Waals surface area contributed by atoms with E-state index in [4.69, 9.17) is 0 Å². The highest BCUT2D eigenvalue weighted by Crippen LogP contribution is 2.26. The number of hydrogen-bond acceptors (Lipinski definition) is 1. The summed E-state index contributed by atoms with van der Waals surface area (Å²) in [4.78, 5) is 0. The van der Waals surface area contributed by atoms with Crippen LogP contribution in [-0.4, -0.2) is 10.1 Å². The molecule has 0 aliphatic rings. The molecule has 0 aliphatic heterocycles. The summed E-state index contributed by atoms with van der Waals surface area (Å²) in [6, 6.07) is 6.50. The van der Waals surface area contributed by atoms with E-state index in [9.17, 15) is 17.7 Å². The molecule has 5 heteroatoms. The van der Waals surface area contributed by atoms with Crippen LogP contribution in [0.25, 0.3) is 0 Å². The lowest BCUT2D eigenvalue weighted by Crippen LogP contribution is -2.24. The molecule has 14 heavy (non-hydrogen) atoms. The molecule has 1 aromatic carbocycles. The lowest BCUT2D eigenvalue weighted by atomic mass is 10.2. The minimum atomic E-state index is -4.62. The Balaban J connectivity index is 2.65.